The number of aliphatic carboxylic acids is 1. The maximum atomic E-state index is 12.2. The average molecular weight is 291 g/mol. The molecular weight excluding hydrogens is 270 g/mol. The van der Waals surface area contributed by atoms with Crippen LogP contribution in [0.15, 0.2) is 12.1 Å². The molecule has 1 fully saturated rings. The van der Waals surface area contributed by atoms with Crippen LogP contribution < -0.4 is 4.74 Å². The molecule has 0 bridgehead atoms. The van der Waals surface area contributed by atoms with E-state index in [-0.39, 0.29) is 11.8 Å². The lowest BCUT2D eigenvalue weighted by atomic mass is 10.1. The Hall–Kier alpha value is -2.04. The van der Waals surface area contributed by atoms with Crippen LogP contribution in [0.4, 0.5) is 0 Å². The van der Waals surface area contributed by atoms with Gasteiger partial charge in [-0.1, -0.05) is 12.1 Å². The van der Waals surface area contributed by atoms with Crippen LogP contribution in [-0.4, -0.2) is 36.0 Å². The molecule has 0 aliphatic heterocycles. The van der Waals surface area contributed by atoms with Crippen molar-refractivity contribution < 1.29 is 19.4 Å². The highest BCUT2D eigenvalue weighted by molar-refractivity contribution is 5.89. The second-order valence-electron chi connectivity index (χ2n) is 5.74. The van der Waals surface area contributed by atoms with Crippen molar-refractivity contribution in [1.82, 2.24) is 4.90 Å². The minimum atomic E-state index is -0.877. The van der Waals surface area contributed by atoms with E-state index in [1.165, 1.54) is 0 Å². The second-order valence-corrected chi connectivity index (χ2v) is 5.74. The molecule has 1 amide bonds. The van der Waals surface area contributed by atoms with Gasteiger partial charge in [-0.15, -0.1) is 0 Å². The summed E-state index contributed by atoms with van der Waals surface area (Å²) in [7, 11) is 3.36. The molecule has 0 aromatic heterocycles. The minimum Gasteiger partial charge on any atom is -0.496 e. The zero-order chi connectivity index (χ0) is 15.7. The number of carbonyl (C=O) groups excluding carboxylic acids is 1. The molecule has 0 spiro atoms. The lowest BCUT2D eigenvalue weighted by molar-refractivity contribution is -0.141. The molecule has 5 nitrogen and oxygen atoms in total. The van der Waals surface area contributed by atoms with Gasteiger partial charge in [0.1, 0.15) is 5.75 Å². The maximum Gasteiger partial charge on any atom is 0.307 e. The molecule has 2 unspecified atom stereocenters. The standard InChI is InChI=1S/C16H21NO4/c1-9-5-11(6-10(2)14(9)21-4)8-17(3)15(18)12-7-13(12)16(19)20/h5-6,12-13H,7-8H2,1-4H3,(H,19,20). The highest BCUT2D eigenvalue weighted by Crippen LogP contribution is 2.40. The van der Waals surface area contributed by atoms with E-state index in [0.717, 1.165) is 22.4 Å². The van der Waals surface area contributed by atoms with Crippen molar-refractivity contribution in [3.8, 4) is 5.75 Å². The number of hydrogen-bond acceptors (Lipinski definition) is 3. The predicted octanol–water partition coefficient (Wildman–Crippen LogP) is 1.99. The number of methoxy groups -OCH3 is 1. The van der Waals surface area contributed by atoms with Gasteiger partial charge >= 0.3 is 5.97 Å². The van der Waals surface area contributed by atoms with Gasteiger partial charge in [0.2, 0.25) is 5.91 Å². The number of hydrogen-bond donors (Lipinski definition) is 1. The molecule has 2 rings (SSSR count). The van der Waals surface area contributed by atoms with Crippen LogP contribution in [0.5, 0.6) is 5.75 Å². The van der Waals surface area contributed by atoms with Gasteiger partial charge in [0.05, 0.1) is 18.9 Å². The number of carbonyl (C=O) groups is 2. The lowest BCUT2D eigenvalue weighted by Crippen LogP contribution is -2.28. The van der Waals surface area contributed by atoms with Crippen LogP contribution in [0.3, 0.4) is 0 Å². The Balaban J connectivity index is 2.05. The first-order chi connectivity index (χ1) is 9.85. The van der Waals surface area contributed by atoms with Crippen molar-refractivity contribution in [3.05, 3.63) is 28.8 Å². The molecule has 1 N–H and O–H groups in total. The molecule has 1 aromatic carbocycles. The van der Waals surface area contributed by atoms with E-state index in [4.69, 9.17) is 9.84 Å². The van der Waals surface area contributed by atoms with Crippen molar-refractivity contribution in [2.24, 2.45) is 11.8 Å². The van der Waals surface area contributed by atoms with Crippen LogP contribution in [0.25, 0.3) is 0 Å². The van der Waals surface area contributed by atoms with Crippen LogP contribution in [0.1, 0.15) is 23.1 Å². The van der Waals surface area contributed by atoms with Crippen molar-refractivity contribution in [3.63, 3.8) is 0 Å². The largest absolute Gasteiger partial charge is 0.496 e. The zero-order valence-electron chi connectivity index (χ0n) is 12.8. The first-order valence-electron chi connectivity index (χ1n) is 6.97. The fraction of sp³-hybridized carbons (Fsp3) is 0.500. The summed E-state index contributed by atoms with van der Waals surface area (Å²) in [5.41, 5.74) is 3.08. The Bertz CT molecular complexity index is 559. The van der Waals surface area contributed by atoms with Crippen LogP contribution >= 0.6 is 0 Å². The number of carboxylic acids is 1. The van der Waals surface area contributed by atoms with Crippen molar-refractivity contribution in [2.75, 3.05) is 14.2 Å². The number of benzene rings is 1. The van der Waals surface area contributed by atoms with Gasteiger partial charge in [-0.25, -0.2) is 0 Å². The van der Waals surface area contributed by atoms with E-state index in [9.17, 15) is 9.59 Å². The van der Waals surface area contributed by atoms with Gasteiger partial charge in [0, 0.05) is 13.6 Å². The van der Waals surface area contributed by atoms with Gasteiger partial charge in [0.15, 0.2) is 0 Å². The molecule has 0 radical (unpaired) electrons. The summed E-state index contributed by atoms with van der Waals surface area (Å²) in [6.45, 7) is 4.42. The average Bonchev–Trinajstić information content (AvgIpc) is 3.17. The third-order valence-electron chi connectivity index (χ3n) is 3.95. The van der Waals surface area contributed by atoms with Gasteiger partial charge < -0.3 is 14.7 Å². The molecule has 5 heteroatoms. The van der Waals surface area contributed by atoms with Gasteiger partial charge in [-0.3, -0.25) is 9.59 Å². The Kier molecular flexibility index (Phi) is 4.21. The normalized spacial score (nSPS) is 20.0. The fourth-order valence-electron chi connectivity index (χ4n) is 2.83. The zero-order valence-corrected chi connectivity index (χ0v) is 12.8. The summed E-state index contributed by atoms with van der Waals surface area (Å²) < 4.78 is 5.33. The lowest BCUT2D eigenvalue weighted by Gasteiger charge is -2.19. The molecule has 1 saturated carbocycles. The molecular formula is C16H21NO4. The van der Waals surface area contributed by atoms with Crippen LogP contribution in [0.2, 0.25) is 0 Å². The van der Waals surface area contributed by atoms with Gasteiger partial charge in [-0.2, -0.15) is 0 Å². The van der Waals surface area contributed by atoms with Crippen molar-refractivity contribution >= 4 is 11.9 Å². The van der Waals surface area contributed by atoms with E-state index < -0.39 is 11.9 Å². The SMILES string of the molecule is COc1c(C)cc(CN(C)C(=O)C2CC2C(=O)O)cc1C. The van der Waals surface area contributed by atoms with Gasteiger partial charge in [-0.05, 0) is 37.0 Å². The summed E-state index contributed by atoms with van der Waals surface area (Å²) in [5, 5.41) is 8.89. The predicted molar refractivity (Wildman–Crippen MR) is 78.2 cm³/mol. The second kappa shape index (κ2) is 5.76. The molecule has 0 heterocycles. The summed E-state index contributed by atoms with van der Waals surface area (Å²) in [4.78, 5) is 24.6. The first kappa shape index (κ1) is 15.4. The quantitative estimate of drug-likeness (QED) is 0.901. The Morgan fingerprint density at radius 1 is 1.29 bits per heavy atom. The van der Waals surface area contributed by atoms with Crippen LogP contribution in [-0.2, 0) is 16.1 Å². The summed E-state index contributed by atoms with van der Waals surface area (Å²) in [6, 6.07) is 3.99. The number of rotatable bonds is 5. The molecule has 21 heavy (non-hydrogen) atoms. The Morgan fingerprint density at radius 2 is 1.86 bits per heavy atom. The minimum absolute atomic E-state index is 0.0893. The first-order valence-corrected chi connectivity index (χ1v) is 6.97. The molecule has 1 aromatic rings. The number of nitrogens with zero attached hydrogens (tertiary/aromatic N) is 1. The molecule has 1 aliphatic rings. The third kappa shape index (κ3) is 3.17. The maximum absolute atomic E-state index is 12.2. The number of ether oxygens (including phenoxy) is 1. The monoisotopic (exact) mass is 291 g/mol. The summed E-state index contributed by atoms with van der Waals surface area (Å²) in [5.74, 6) is -0.959. The van der Waals surface area contributed by atoms with E-state index in [1.54, 1.807) is 19.1 Å². The third-order valence-corrected chi connectivity index (χ3v) is 3.95. The van der Waals surface area contributed by atoms with E-state index in [0.29, 0.717) is 13.0 Å². The molecule has 114 valence electrons. The molecule has 1 aliphatic carbocycles. The Morgan fingerprint density at radius 3 is 2.29 bits per heavy atom. The fourth-order valence-corrected chi connectivity index (χ4v) is 2.83. The van der Waals surface area contributed by atoms with E-state index >= 15 is 0 Å². The van der Waals surface area contributed by atoms with E-state index in [2.05, 4.69) is 0 Å². The number of aryl methyl sites for hydroxylation is 2. The smallest absolute Gasteiger partial charge is 0.307 e. The number of carboxylic acid groups (broad SMARTS) is 1. The van der Waals surface area contributed by atoms with Gasteiger partial charge in [0.25, 0.3) is 0 Å². The van der Waals surface area contributed by atoms with Crippen molar-refractivity contribution in [2.45, 2.75) is 26.8 Å². The Labute approximate surface area is 124 Å². The van der Waals surface area contributed by atoms with Crippen molar-refractivity contribution in [1.29, 1.82) is 0 Å². The van der Waals surface area contributed by atoms with Crippen LogP contribution in [0, 0.1) is 25.7 Å². The van der Waals surface area contributed by atoms with E-state index in [1.807, 2.05) is 26.0 Å². The highest BCUT2D eigenvalue weighted by Gasteiger charge is 2.49. The highest BCUT2D eigenvalue weighted by atomic mass is 16.5. The number of amides is 1. The molecule has 2 atom stereocenters. The topological polar surface area (TPSA) is 66.8 Å². The summed E-state index contributed by atoms with van der Waals surface area (Å²) in [6.07, 6.45) is 0.458. The summed E-state index contributed by atoms with van der Waals surface area (Å²) >= 11 is 0. The molecule has 0 saturated heterocycles.